The van der Waals surface area contributed by atoms with Gasteiger partial charge in [0.15, 0.2) is 0 Å². The van der Waals surface area contributed by atoms with Crippen LogP contribution < -0.4 is 10.7 Å². The Balaban J connectivity index is 1.96. The third kappa shape index (κ3) is 5.07. The summed E-state index contributed by atoms with van der Waals surface area (Å²) in [5.41, 5.74) is 2.22. The molecule has 0 aromatic heterocycles. The minimum Gasteiger partial charge on any atom is -0.508 e. The number of nitrogens with one attached hydrogen (secondary N) is 2. The van der Waals surface area contributed by atoms with E-state index in [1.165, 1.54) is 12.1 Å². The Morgan fingerprint density at radius 3 is 2.08 bits per heavy atom. The fourth-order valence-electron chi connectivity index (χ4n) is 1.88. The molecule has 136 valence electrons. The lowest BCUT2D eigenvalue weighted by molar-refractivity contribution is -0.137. The summed E-state index contributed by atoms with van der Waals surface area (Å²) in [5.74, 6) is -2.09. The minimum atomic E-state index is -4.49. The predicted octanol–water partition coefficient (Wildman–Crippen LogP) is 2.89. The van der Waals surface area contributed by atoms with Gasteiger partial charge in [0.25, 0.3) is 0 Å². The first kappa shape index (κ1) is 19.0. The molecule has 2 aromatic carbocycles. The molecule has 26 heavy (non-hydrogen) atoms. The third-order valence-electron chi connectivity index (χ3n) is 3.29. The van der Waals surface area contributed by atoms with Crippen LogP contribution in [-0.4, -0.2) is 22.6 Å². The van der Waals surface area contributed by atoms with Crippen molar-refractivity contribution in [1.29, 1.82) is 0 Å². The second-order valence-electron chi connectivity index (χ2n) is 5.21. The van der Waals surface area contributed by atoms with E-state index in [1.807, 2.05) is 5.43 Å². The highest BCUT2D eigenvalue weighted by Crippen LogP contribution is 2.29. The van der Waals surface area contributed by atoms with Gasteiger partial charge in [-0.15, -0.1) is 0 Å². The van der Waals surface area contributed by atoms with E-state index >= 15 is 0 Å². The highest BCUT2D eigenvalue weighted by Gasteiger charge is 2.30. The maximum absolute atomic E-state index is 12.5. The topological polar surface area (TPSA) is 90.8 Å². The molecule has 0 saturated heterocycles. The largest absolute Gasteiger partial charge is 0.508 e. The van der Waals surface area contributed by atoms with Crippen molar-refractivity contribution in [2.75, 3.05) is 5.32 Å². The zero-order chi connectivity index (χ0) is 19.3. The molecule has 0 atom stereocenters. The van der Waals surface area contributed by atoms with E-state index in [0.29, 0.717) is 11.3 Å². The number of anilines is 1. The summed E-state index contributed by atoms with van der Waals surface area (Å²) in [5, 5.41) is 15.1. The maximum atomic E-state index is 12.5. The van der Waals surface area contributed by atoms with Crippen molar-refractivity contribution in [3.8, 4) is 5.75 Å². The first-order valence-electron chi connectivity index (χ1n) is 7.29. The lowest BCUT2D eigenvalue weighted by Crippen LogP contribution is -2.32. The van der Waals surface area contributed by atoms with Crippen LogP contribution in [0.3, 0.4) is 0 Å². The number of hydrazone groups is 1. The quantitative estimate of drug-likeness (QED) is 0.444. The summed E-state index contributed by atoms with van der Waals surface area (Å²) < 4.78 is 37.4. The van der Waals surface area contributed by atoms with Crippen molar-refractivity contribution in [2.45, 2.75) is 13.1 Å². The molecule has 0 saturated carbocycles. The molecule has 0 aliphatic rings. The highest BCUT2D eigenvalue weighted by molar-refractivity contribution is 6.39. The minimum absolute atomic E-state index is 0.0392. The Kier molecular flexibility index (Phi) is 5.61. The van der Waals surface area contributed by atoms with E-state index in [1.54, 1.807) is 19.1 Å². The van der Waals surface area contributed by atoms with Crippen molar-refractivity contribution in [3.63, 3.8) is 0 Å². The summed E-state index contributed by atoms with van der Waals surface area (Å²) in [7, 11) is 0. The molecule has 0 radical (unpaired) electrons. The second-order valence-corrected chi connectivity index (χ2v) is 5.21. The van der Waals surface area contributed by atoms with Crippen LogP contribution in [-0.2, 0) is 15.8 Å². The van der Waals surface area contributed by atoms with E-state index in [2.05, 4.69) is 10.4 Å². The van der Waals surface area contributed by atoms with Crippen molar-refractivity contribution in [1.82, 2.24) is 5.43 Å². The molecule has 0 unspecified atom stereocenters. The summed E-state index contributed by atoms with van der Waals surface area (Å²) in [4.78, 5) is 23.5. The first-order valence-corrected chi connectivity index (χ1v) is 7.29. The Bertz CT molecular complexity index is 829. The Hall–Kier alpha value is -3.36. The fraction of sp³-hybridized carbons (Fsp3) is 0.118. The van der Waals surface area contributed by atoms with Gasteiger partial charge in [-0.25, -0.2) is 5.43 Å². The normalized spacial score (nSPS) is 11.8. The van der Waals surface area contributed by atoms with Gasteiger partial charge >= 0.3 is 18.0 Å². The highest BCUT2D eigenvalue weighted by atomic mass is 19.4. The molecular weight excluding hydrogens is 351 g/mol. The van der Waals surface area contributed by atoms with Gasteiger partial charge in [0, 0.05) is 5.69 Å². The number of halogens is 3. The maximum Gasteiger partial charge on any atom is 0.416 e. The summed E-state index contributed by atoms with van der Waals surface area (Å²) in [6.07, 6.45) is -4.49. The van der Waals surface area contributed by atoms with Gasteiger partial charge in [-0.1, -0.05) is 0 Å². The Morgan fingerprint density at radius 1 is 0.962 bits per heavy atom. The van der Waals surface area contributed by atoms with E-state index in [-0.39, 0.29) is 11.4 Å². The number of amides is 2. The van der Waals surface area contributed by atoms with Crippen molar-refractivity contribution >= 4 is 23.2 Å². The number of phenolic OH excluding ortho intramolecular Hbond substituents is 1. The molecule has 0 fully saturated rings. The summed E-state index contributed by atoms with van der Waals surface area (Å²) in [6, 6.07) is 9.69. The molecule has 9 heteroatoms. The van der Waals surface area contributed by atoms with Crippen molar-refractivity contribution in [2.24, 2.45) is 5.10 Å². The number of nitrogens with zero attached hydrogens (tertiary/aromatic N) is 1. The smallest absolute Gasteiger partial charge is 0.416 e. The van der Waals surface area contributed by atoms with Crippen LogP contribution in [0.4, 0.5) is 18.9 Å². The number of phenols is 1. The Labute approximate surface area is 146 Å². The number of alkyl halides is 3. The third-order valence-corrected chi connectivity index (χ3v) is 3.29. The lowest BCUT2D eigenvalue weighted by atomic mass is 10.1. The number of hydrogen-bond acceptors (Lipinski definition) is 4. The number of carbonyl (C=O) groups is 2. The van der Waals surface area contributed by atoms with Gasteiger partial charge in [0.05, 0.1) is 11.3 Å². The molecule has 3 N–H and O–H groups in total. The van der Waals surface area contributed by atoms with Gasteiger partial charge < -0.3 is 10.4 Å². The number of benzene rings is 2. The number of carbonyl (C=O) groups excluding carboxylic acids is 2. The van der Waals surface area contributed by atoms with Crippen LogP contribution in [0.1, 0.15) is 18.1 Å². The second kappa shape index (κ2) is 7.68. The number of hydrogen-bond donors (Lipinski definition) is 3. The Morgan fingerprint density at radius 2 is 1.54 bits per heavy atom. The van der Waals surface area contributed by atoms with Gasteiger partial charge in [0.1, 0.15) is 5.75 Å². The van der Waals surface area contributed by atoms with Crippen LogP contribution in [0.15, 0.2) is 53.6 Å². The van der Waals surface area contributed by atoms with Gasteiger partial charge in [-0.05, 0) is 61.0 Å². The monoisotopic (exact) mass is 365 g/mol. The standard InChI is InChI=1S/C17H14F3N3O3/c1-10(11-2-8-14(24)9-3-11)22-23-16(26)15(25)21-13-6-4-12(5-7-13)17(18,19)20/h2-9,24H,1H3,(H,21,25)(H,23,26)/b22-10+. The molecule has 0 bridgehead atoms. The number of aromatic hydroxyl groups is 1. The zero-order valence-corrected chi connectivity index (χ0v) is 13.5. The van der Waals surface area contributed by atoms with Crippen molar-refractivity contribution in [3.05, 3.63) is 59.7 Å². The van der Waals surface area contributed by atoms with Crippen LogP contribution in [0.25, 0.3) is 0 Å². The molecule has 0 spiro atoms. The lowest BCUT2D eigenvalue weighted by Gasteiger charge is -2.08. The van der Waals surface area contributed by atoms with Gasteiger partial charge in [0.2, 0.25) is 0 Å². The summed E-state index contributed by atoms with van der Waals surface area (Å²) >= 11 is 0. The molecule has 2 amide bonds. The van der Waals surface area contributed by atoms with Crippen LogP contribution in [0.2, 0.25) is 0 Å². The van der Waals surface area contributed by atoms with Crippen molar-refractivity contribution < 1.29 is 27.9 Å². The van der Waals surface area contributed by atoms with Crippen LogP contribution in [0.5, 0.6) is 5.75 Å². The molecule has 0 aliphatic carbocycles. The van der Waals surface area contributed by atoms with E-state index < -0.39 is 23.6 Å². The molecular formula is C17H14F3N3O3. The van der Waals surface area contributed by atoms with Crippen LogP contribution in [0, 0.1) is 0 Å². The molecule has 2 rings (SSSR count). The van der Waals surface area contributed by atoms with Gasteiger partial charge in [-0.3, -0.25) is 9.59 Å². The average molecular weight is 365 g/mol. The molecule has 0 heterocycles. The average Bonchev–Trinajstić information content (AvgIpc) is 2.59. The predicted molar refractivity (Wildman–Crippen MR) is 88.5 cm³/mol. The van der Waals surface area contributed by atoms with E-state index in [0.717, 1.165) is 24.3 Å². The van der Waals surface area contributed by atoms with Gasteiger partial charge in [-0.2, -0.15) is 18.3 Å². The zero-order valence-electron chi connectivity index (χ0n) is 13.5. The molecule has 0 aliphatic heterocycles. The summed E-state index contributed by atoms with van der Waals surface area (Å²) in [6.45, 7) is 1.58. The first-order chi connectivity index (χ1) is 12.2. The van der Waals surface area contributed by atoms with Crippen LogP contribution >= 0.6 is 0 Å². The molecule has 6 nitrogen and oxygen atoms in total. The van der Waals surface area contributed by atoms with E-state index in [9.17, 15) is 27.9 Å². The molecule has 2 aromatic rings. The van der Waals surface area contributed by atoms with E-state index in [4.69, 9.17) is 0 Å². The fourth-order valence-corrected chi connectivity index (χ4v) is 1.88. The number of rotatable bonds is 3. The SMILES string of the molecule is C/C(=N\NC(=O)C(=O)Nc1ccc(C(F)(F)F)cc1)c1ccc(O)cc1.